The third-order valence-corrected chi connectivity index (χ3v) is 7.31. The Morgan fingerprint density at radius 2 is 2.11 bits per heavy atom. The molecule has 0 spiro atoms. The van der Waals surface area contributed by atoms with Crippen LogP contribution in [0.5, 0.6) is 0 Å². The lowest BCUT2D eigenvalue weighted by Gasteiger charge is -2.14. The molecule has 2 heterocycles. The maximum absolute atomic E-state index is 12.5. The molecule has 0 fully saturated rings. The number of nitrogens with zero attached hydrogens (tertiary/aromatic N) is 2. The largest absolute Gasteiger partial charge is 0.460 e. The minimum absolute atomic E-state index is 0.177. The van der Waals surface area contributed by atoms with Gasteiger partial charge in [0, 0.05) is 20.8 Å². The molecule has 0 bridgehead atoms. The number of rotatable bonds is 5. The van der Waals surface area contributed by atoms with Gasteiger partial charge in [0.2, 0.25) is 0 Å². The highest BCUT2D eigenvalue weighted by atomic mass is 35.5. The molecule has 0 amide bonds. The Bertz CT molecular complexity index is 989. The lowest BCUT2D eigenvalue weighted by Crippen LogP contribution is -2.17. The number of hydrogen-bond donors (Lipinski definition) is 0. The van der Waals surface area contributed by atoms with Crippen LogP contribution in [0, 0.1) is 0 Å². The fourth-order valence-corrected chi connectivity index (χ4v) is 5.68. The SMILES string of the molecule is CC(Sc1ncnc2sc3c(c12)CCCC3)C(=O)OCc1ccccc1Cl. The topological polar surface area (TPSA) is 52.1 Å². The molecule has 2 aromatic heterocycles. The van der Waals surface area contributed by atoms with Crippen LogP contribution >= 0.6 is 34.7 Å². The molecule has 0 aliphatic heterocycles. The first-order valence-corrected chi connectivity index (χ1v) is 11.0. The summed E-state index contributed by atoms with van der Waals surface area (Å²) in [4.78, 5) is 23.8. The normalized spacial score (nSPS) is 14.7. The highest BCUT2D eigenvalue weighted by Gasteiger charge is 2.23. The molecular formula is C20H19ClN2O2S2. The van der Waals surface area contributed by atoms with E-state index >= 15 is 0 Å². The molecule has 0 saturated heterocycles. The Hall–Kier alpha value is -1.63. The van der Waals surface area contributed by atoms with E-state index in [1.54, 1.807) is 23.7 Å². The molecule has 1 aromatic carbocycles. The van der Waals surface area contributed by atoms with Gasteiger partial charge in [0.15, 0.2) is 0 Å². The van der Waals surface area contributed by atoms with Gasteiger partial charge in [0.05, 0.1) is 0 Å². The van der Waals surface area contributed by atoms with E-state index in [4.69, 9.17) is 16.3 Å². The van der Waals surface area contributed by atoms with Crippen LogP contribution in [0.1, 0.15) is 35.8 Å². The Kier molecular flexibility index (Phi) is 5.66. The van der Waals surface area contributed by atoms with Crippen LogP contribution in [0.15, 0.2) is 35.6 Å². The van der Waals surface area contributed by atoms with Crippen molar-refractivity contribution >= 4 is 50.9 Å². The van der Waals surface area contributed by atoms with E-state index in [0.29, 0.717) is 5.02 Å². The molecule has 1 atom stereocenters. The van der Waals surface area contributed by atoms with E-state index in [2.05, 4.69) is 9.97 Å². The summed E-state index contributed by atoms with van der Waals surface area (Å²) in [6.07, 6.45) is 6.22. The van der Waals surface area contributed by atoms with Crippen LogP contribution in [0.4, 0.5) is 0 Å². The number of carbonyl (C=O) groups is 1. The Morgan fingerprint density at radius 3 is 2.96 bits per heavy atom. The number of aromatic nitrogens is 2. The number of esters is 1. The summed E-state index contributed by atoms with van der Waals surface area (Å²) in [5.41, 5.74) is 2.18. The first kappa shape index (κ1) is 18.7. The number of thiophene rings is 1. The average Bonchev–Trinajstić information content (AvgIpc) is 3.06. The molecule has 4 rings (SSSR count). The number of aryl methyl sites for hydroxylation is 2. The average molecular weight is 419 g/mol. The lowest BCUT2D eigenvalue weighted by molar-refractivity contribution is -0.143. The van der Waals surface area contributed by atoms with Gasteiger partial charge < -0.3 is 4.74 Å². The predicted octanol–water partition coefficient (Wildman–Crippen LogP) is 5.45. The van der Waals surface area contributed by atoms with Crippen molar-refractivity contribution in [2.75, 3.05) is 0 Å². The molecule has 4 nitrogen and oxygen atoms in total. The van der Waals surface area contributed by atoms with Crippen LogP contribution in [0.25, 0.3) is 10.2 Å². The first-order chi connectivity index (χ1) is 13.1. The van der Waals surface area contributed by atoms with Gasteiger partial charge in [-0.15, -0.1) is 11.3 Å². The second-order valence-corrected chi connectivity index (χ2v) is 9.35. The van der Waals surface area contributed by atoms with Gasteiger partial charge in [-0.3, -0.25) is 4.79 Å². The molecule has 1 aliphatic rings. The number of benzene rings is 1. The van der Waals surface area contributed by atoms with E-state index in [9.17, 15) is 4.79 Å². The van der Waals surface area contributed by atoms with Crippen LogP contribution in [0.2, 0.25) is 5.02 Å². The summed E-state index contributed by atoms with van der Waals surface area (Å²) < 4.78 is 5.46. The van der Waals surface area contributed by atoms with Gasteiger partial charge >= 0.3 is 5.97 Å². The molecular weight excluding hydrogens is 400 g/mol. The smallest absolute Gasteiger partial charge is 0.319 e. The third kappa shape index (κ3) is 3.98. The van der Waals surface area contributed by atoms with E-state index in [-0.39, 0.29) is 17.8 Å². The molecule has 0 N–H and O–H groups in total. The Labute approximate surface area is 171 Å². The van der Waals surface area contributed by atoms with Crippen LogP contribution in [-0.2, 0) is 29.0 Å². The highest BCUT2D eigenvalue weighted by Crippen LogP contribution is 2.40. The van der Waals surface area contributed by atoms with Gasteiger partial charge in [-0.2, -0.15) is 0 Å². The summed E-state index contributed by atoms with van der Waals surface area (Å²) in [6, 6.07) is 7.39. The van der Waals surface area contributed by atoms with Crippen molar-refractivity contribution in [1.82, 2.24) is 9.97 Å². The number of ether oxygens (including phenoxy) is 1. The van der Waals surface area contributed by atoms with Crippen molar-refractivity contribution in [3.63, 3.8) is 0 Å². The summed E-state index contributed by atoms with van der Waals surface area (Å²) in [5.74, 6) is -0.268. The maximum Gasteiger partial charge on any atom is 0.319 e. The minimum Gasteiger partial charge on any atom is -0.460 e. The van der Waals surface area contributed by atoms with Crippen molar-refractivity contribution in [2.45, 2.75) is 49.5 Å². The molecule has 27 heavy (non-hydrogen) atoms. The zero-order valence-corrected chi connectivity index (χ0v) is 17.3. The fourth-order valence-electron chi connectivity index (χ4n) is 3.25. The van der Waals surface area contributed by atoms with Crippen molar-refractivity contribution in [3.8, 4) is 0 Å². The monoisotopic (exact) mass is 418 g/mol. The molecule has 1 unspecified atom stereocenters. The number of carbonyl (C=O) groups excluding carboxylic acids is 1. The summed E-state index contributed by atoms with van der Waals surface area (Å²) in [5, 5.41) is 2.26. The fraction of sp³-hybridized carbons (Fsp3) is 0.350. The Morgan fingerprint density at radius 1 is 1.30 bits per heavy atom. The molecule has 0 saturated carbocycles. The first-order valence-electron chi connectivity index (χ1n) is 8.95. The number of thioether (sulfide) groups is 1. The number of fused-ring (bicyclic) bond motifs is 3. The third-order valence-electron chi connectivity index (χ3n) is 4.66. The molecule has 3 aromatic rings. The van der Waals surface area contributed by atoms with E-state index in [1.807, 2.05) is 25.1 Å². The van der Waals surface area contributed by atoms with Crippen molar-refractivity contribution < 1.29 is 9.53 Å². The zero-order chi connectivity index (χ0) is 18.8. The number of hydrogen-bond acceptors (Lipinski definition) is 6. The molecule has 140 valence electrons. The van der Waals surface area contributed by atoms with Gasteiger partial charge in [0.1, 0.15) is 28.0 Å². The van der Waals surface area contributed by atoms with Crippen molar-refractivity contribution in [2.24, 2.45) is 0 Å². The van der Waals surface area contributed by atoms with Crippen LogP contribution < -0.4 is 0 Å². The van der Waals surface area contributed by atoms with Crippen LogP contribution in [0.3, 0.4) is 0 Å². The van der Waals surface area contributed by atoms with Gasteiger partial charge in [-0.1, -0.05) is 41.6 Å². The summed E-state index contributed by atoms with van der Waals surface area (Å²) in [7, 11) is 0. The lowest BCUT2D eigenvalue weighted by atomic mass is 9.97. The van der Waals surface area contributed by atoms with Crippen molar-refractivity contribution in [3.05, 3.63) is 51.6 Å². The minimum atomic E-state index is -0.357. The van der Waals surface area contributed by atoms with Gasteiger partial charge in [-0.05, 0) is 44.2 Å². The standard InChI is InChI=1S/C20H19ClN2O2S2/c1-12(20(24)25-10-13-6-2-4-8-15(13)21)26-18-17-14-7-3-5-9-16(14)27-19(17)23-11-22-18/h2,4,6,8,11-12H,3,5,7,9-10H2,1H3. The molecule has 0 radical (unpaired) electrons. The maximum atomic E-state index is 12.5. The van der Waals surface area contributed by atoms with Gasteiger partial charge in [0.25, 0.3) is 0 Å². The summed E-state index contributed by atoms with van der Waals surface area (Å²) >= 11 is 9.33. The number of halogens is 1. The summed E-state index contributed by atoms with van der Waals surface area (Å²) in [6.45, 7) is 2.03. The second-order valence-electron chi connectivity index (χ2n) is 6.53. The van der Waals surface area contributed by atoms with E-state index < -0.39 is 0 Å². The zero-order valence-electron chi connectivity index (χ0n) is 14.9. The predicted molar refractivity (Wildman–Crippen MR) is 111 cm³/mol. The Balaban J connectivity index is 1.49. The van der Waals surface area contributed by atoms with Crippen LogP contribution in [-0.4, -0.2) is 21.2 Å². The molecule has 7 heteroatoms. The van der Waals surface area contributed by atoms with E-state index in [0.717, 1.165) is 33.6 Å². The second kappa shape index (κ2) is 8.17. The molecule has 1 aliphatic carbocycles. The van der Waals surface area contributed by atoms with Gasteiger partial charge in [-0.25, -0.2) is 9.97 Å². The quantitative estimate of drug-likeness (QED) is 0.313. The highest BCUT2D eigenvalue weighted by molar-refractivity contribution is 8.00. The van der Waals surface area contributed by atoms with E-state index in [1.165, 1.54) is 35.0 Å². The van der Waals surface area contributed by atoms with Crippen molar-refractivity contribution in [1.29, 1.82) is 0 Å².